The molecule has 0 radical (unpaired) electrons. The van der Waals surface area contributed by atoms with Crippen molar-refractivity contribution >= 4 is 43.7 Å². The van der Waals surface area contributed by atoms with Crippen molar-refractivity contribution < 1.29 is 9.52 Å². The molecule has 0 saturated heterocycles. The van der Waals surface area contributed by atoms with E-state index in [1.54, 1.807) is 6.07 Å². The molecular weight excluding hydrogens is 406 g/mol. The summed E-state index contributed by atoms with van der Waals surface area (Å²) in [4.78, 5) is 0. The summed E-state index contributed by atoms with van der Waals surface area (Å²) in [5.41, 5.74) is 6.99. The van der Waals surface area contributed by atoms with Gasteiger partial charge in [0.05, 0.1) is 16.4 Å². The number of rotatable bonds is 2. The zero-order valence-corrected chi connectivity index (χ0v) is 17.7. The second-order valence-corrected chi connectivity index (χ2v) is 8.35. The molecule has 33 heavy (non-hydrogen) atoms. The Hall–Kier alpha value is -4.50. The monoisotopic (exact) mass is 425 g/mol. The fraction of sp³-hybridized carbons (Fsp3) is 0. The first-order chi connectivity index (χ1) is 16.3. The summed E-state index contributed by atoms with van der Waals surface area (Å²) in [7, 11) is 0. The van der Waals surface area contributed by atoms with E-state index in [4.69, 9.17) is 4.42 Å². The molecule has 0 fully saturated rings. The molecule has 2 aromatic heterocycles. The van der Waals surface area contributed by atoms with Crippen molar-refractivity contribution in [1.29, 1.82) is 0 Å². The molecule has 0 spiro atoms. The Morgan fingerprint density at radius 1 is 0.606 bits per heavy atom. The Kier molecular flexibility index (Phi) is 3.70. The number of phenols is 1. The summed E-state index contributed by atoms with van der Waals surface area (Å²) < 4.78 is 8.54. The van der Waals surface area contributed by atoms with Gasteiger partial charge in [0, 0.05) is 27.4 Å². The van der Waals surface area contributed by atoms with Crippen molar-refractivity contribution in [3.05, 3.63) is 109 Å². The molecule has 7 aromatic rings. The van der Waals surface area contributed by atoms with Crippen molar-refractivity contribution in [1.82, 2.24) is 4.57 Å². The van der Waals surface area contributed by atoms with Crippen molar-refractivity contribution in [3.63, 3.8) is 0 Å². The quantitative estimate of drug-likeness (QED) is 0.304. The van der Waals surface area contributed by atoms with Crippen LogP contribution in [0.4, 0.5) is 0 Å². The van der Waals surface area contributed by atoms with Crippen LogP contribution in [0.2, 0.25) is 0 Å². The predicted octanol–water partition coefficient (Wildman–Crippen LogP) is 8.06. The number of hydrogen-bond donors (Lipinski definition) is 1. The average Bonchev–Trinajstić information content (AvgIpc) is 3.41. The molecule has 0 atom stereocenters. The molecule has 2 heterocycles. The lowest BCUT2D eigenvalue weighted by atomic mass is 10.00. The number of fused-ring (bicyclic) bond motifs is 6. The second kappa shape index (κ2) is 6.75. The van der Waals surface area contributed by atoms with Gasteiger partial charge in [-0.3, -0.25) is 0 Å². The maximum absolute atomic E-state index is 10.6. The molecular formula is C30H19NO2. The van der Waals surface area contributed by atoms with E-state index in [1.807, 2.05) is 36.4 Å². The van der Waals surface area contributed by atoms with Crippen LogP contribution < -0.4 is 0 Å². The highest BCUT2D eigenvalue weighted by molar-refractivity contribution is 6.14. The van der Waals surface area contributed by atoms with Gasteiger partial charge < -0.3 is 14.1 Å². The zero-order chi connectivity index (χ0) is 21.9. The largest absolute Gasteiger partial charge is 0.507 e. The number of aromatic hydroxyl groups is 1. The number of aromatic nitrogens is 1. The van der Waals surface area contributed by atoms with E-state index in [9.17, 15) is 5.11 Å². The SMILES string of the molecule is Oc1ccc(-c2ccc3c(c2)c2ccccc2n3-c2ccccc2)c2oc3ccccc3c12. The van der Waals surface area contributed by atoms with Crippen LogP contribution in [0.1, 0.15) is 0 Å². The van der Waals surface area contributed by atoms with Gasteiger partial charge >= 0.3 is 0 Å². The van der Waals surface area contributed by atoms with Crippen LogP contribution >= 0.6 is 0 Å². The van der Waals surface area contributed by atoms with Crippen molar-refractivity contribution in [2.45, 2.75) is 0 Å². The van der Waals surface area contributed by atoms with Crippen LogP contribution in [0.15, 0.2) is 114 Å². The number of nitrogens with zero attached hydrogens (tertiary/aromatic N) is 1. The van der Waals surface area contributed by atoms with Crippen molar-refractivity contribution in [2.75, 3.05) is 0 Å². The normalized spacial score (nSPS) is 11.8. The molecule has 0 aliphatic carbocycles. The highest BCUT2D eigenvalue weighted by atomic mass is 16.3. The van der Waals surface area contributed by atoms with E-state index in [0.717, 1.165) is 38.7 Å². The molecule has 0 saturated carbocycles. The summed E-state index contributed by atoms with van der Waals surface area (Å²) in [6, 6.07) is 37.1. The number of para-hydroxylation sites is 3. The van der Waals surface area contributed by atoms with Gasteiger partial charge in [-0.15, -0.1) is 0 Å². The number of phenolic OH excluding ortho intramolecular Hbond substituents is 1. The summed E-state index contributed by atoms with van der Waals surface area (Å²) in [5.74, 6) is 0.237. The van der Waals surface area contributed by atoms with Gasteiger partial charge in [0.25, 0.3) is 0 Å². The Balaban J connectivity index is 1.55. The Morgan fingerprint density at radius 2 is 1.33 bits per heavy atom. The topological polar surface area (TPSA) is 38.3 Å². The van der Waals surface area contributed by atoms with Crippen LogP contribution in [0, 0.1) is 0 Å². The van der Waals surface area contributed by atoms with Gasteiger partial charge in [-0.2, -0.15) is 0 Å². The molecule has 156 valence electrons. The lowest BCUT2D eigenvalue weighted by Crippen LogP contribution is -1.92. The molecule has 0 aliphatic rings. The highest BCUT2D eigenvalue weighted by Crippen LogP contribution is 2.42. The summed E-state index contributed by atoms with van der Waals surface area (Å²) in [6.45, 7) is 0. The van der Waals surface area contributed by atoms with Crippen LogP contribution in [0.3, 0.4) is 0 Å². The van der Waals surface area contributed by atoms with Gasteiger partial charge in [-0.05, 0) is 54.1 Å². The number of benzene rings is 5. The predicted molar refractivity (Wildman–Crippen MR) is 135 cm³/mol. The van der Waals surface area contributed by atoms with E-state index >= 15 is 0 Å². The molecule has 0 unspecified atom stereocenters. The van der Waals surface area contributed by atoms with Crippen LogP contribution in [-0.2, 0) is 0 Å². The van der Waals surface area contributed by atoms with Gasteiger partial charge in [0.1, 0.15) is 16.9 Å². The van der Waals surface area contributed by atoms with Crippen molar-refractivity contribution in [3.8, 4) is 22.6 Å². The van der Waals surface area contributed by atoms with E-state index in [1.165, 1.54) is 16.3 Å². The van der Waals surface area contributed by atoms with Crippen LogP contribution in [0.25, 0.3) is 60.6 Å². The zero-order valence-electron chi connectivity index (χ0n) is 17.7. The second-order valence-electron chi connectivity index (χ2n) is 8.35. The highest BCUT2D eigenvalue weighted by Gasteiger charge is 2.17. The lowest BCUT2D eigenvalue weighted by molar-refractivity contribution is 0.481. The van der Waals surface area contributed by atoms with E-state index < -0.39 is 0 Å². The first-order valence-corrected chi connectivity index (χ1v) is 11.0. The minimum absolute atomic E-state index is 0.237. The fourth-order valence-electron chi connectivity index (χ4n) is 5.03. The molecule has 3 heteroatoms. The van der Waals surface area contributed by atoms with E-state index in [0.29, 0.717) is 5.58 Å². The number of hydrogen-bond acceptors (Lipinski definition) is 2. The van der Waals surface area contributed by atoms with Crippen molar-refractivity contribution in [2.24, 2.45) is 0 Å². The minimum Gasteiger partial charge on any atom is -0.507 e. The van der Waals surface area contributed by atoms with E-state index in [2.05, 4.69) is 71.3 Å². The standard InChI is InChI=1S/C30H19NO2/c32-27-17-15-21(30-29(27)23-11-5-7-13-28(23)33-30)19-14-16-26-24(18-19)22-10-4-6-12-25(22)31(26)20-8-2-1-3-9-20/h1-18,32H. The Bertz CT molecular complexity index is 1820. The molecule has 0 aliphatic heterocycles. The summed E-state index contributed by atoms with van der Waals surface area (Å²) in [6.07, 6.45) is 0. The molecule has 1 N–H and O–H groups in total. The van der Waals surface area contributed by atoms with Gasteiger partial charge in [-0.1, -0.05) is 60.7 Å². The molecule has 7 rings (SSSR count). The third-order valence-corrected chi connectivity index (χ3v) is 6.50. The number of furan rings is 1. The van der Waals surface area contributed by atoms with E-state index in [-0.39, 0.29) is 5.75 Å². The third-order valence-electron chi connectivity index (χ3n) is 6.50. The van der Waals surface area contributed by atoms with Gasteiger partial charge in [0.2, 0.25) is 0 Å². The van der Waals surface area contributed by atoms with Crippen LogP contribution in [-0.4, -0.2) is 9.67 Å². The Labute approximate surface area is 189 Å². The third kappa shape index (κ3) is 2.56. The first-order valence-electron chi connectivity index (χ1n) is 11.0. The molecule has 5 aromatic carbocycles. The molecule has 3 nitrogen and oxygen atoms in total. The molecule has 0 amide bonds. The summed E-state index contributed by atoms with van der Waals surface area (Å²) in [5, 5.41) is 14.7. The maximum Gasteiger partial charge on any atom is 0.146 e. The smallest absolute Gasteiger partial charge is 0.146 e. The average molecular weight is 425 g/mol. The first kappa shape index (κ1) is 18.1. The maximum atomic E-state index is 10.6. The lowest BCUT2D eigenvalue weighted by Gasteiger charge is -2.08. The Morgan fingerprint density at radius 3 is 2.21 bits per heavy atom. The molecule has 0 bridgehead atoms. The summed E-state index contributed by atoms with van der Waals surface area (Å²) >= 11 is 0. The minimum atomic E-state index is 0.237. The van der Waals surface area contributed by atoms with Gasteiger partial charge in [0.15, 0.2) is 0 Å². The fourth-order valence-corrected chi connectivity index (χ4v) is 5.03. The van der Waals surface area contributed by atoms with Crippen LogP contribution in [0.5, 0.6) is 5.75 Å². The van der Waals surface area contributed by atoms with Gasteiger partial charge in [-0.25, -0.2) is 0 Å².